The maximum Gasteiger partial charge on any atom is 0.178 e. The number of nitrogens with zero attached hydrogens (tertiary/aromatic N) is 1. The van der Waals surface area contributed by atoms with Gasteiger partial charge in [0.2, 0.25) is 0 Å². The molecule has 4 nitrogen and oxygen atoms in total. The van der Waals surface area contributed by atoms with Crippen LogP contribution in [0.4, 0.5) is 10.7 Å². The Morgan fingerprint density at radius 2 is 1.95 bits per heavy atom. The van der Waals surface area contributed by atoms with Crippen LogP contribution in [0.1, 0.15) is 60.2 Å². The fourth-order valence-corrected chi connectivity index (χ4v) is 3.97. The standard InChI is InChI=1S/C15H19N3OS/c16-8-11-12(17)14(13(19)9-6-7-9)20-15(11)18-10-4-2-1-3-5-10/h9-10,18H,1-7,17H2. The molecule has 0 bridgehead atoms. The van der Waals surface area contributed by atoms with E-state index in [0.717, 1.165) is 30.7 Å². The number of hydrogen-bond acceptors (Lipinski definition) is 5. The van der Waals surface area contributed by atoms with Gasteiger partial charge in [-0.15, -0.1) is 11.3 Å². The van der Waals surface area contributed by atoms with Crippen molar-refractivity contribution in [2.24, 2.45) is 5.92 Å². The van der Waals surface area contributed by atoms with Gasteiger partial charge >= 0.3 is 0 Å². The molecule has 0 aromatic carbocycles. The zero-order valence-electron chi connectivity index (χ0n) is 11.4. The normalized spacial score (nSPS) is 19.6. The summed E-state index contributed by atoms with van der Waals surface area (Å²) in [5, 5.41) is 13.5. The molecule has 3 rings (SSSR count). The summed E-state index contributed by atoms with van der Waals surface area (Å²) >= 11 is 1.37. The van der Waals surface area contributed by atoms with Gasteiger partial charge in [-0.1, -0.05) is 19.3 Å². The summed E-state index contributed by atoms with van der Waals surface area (Å²) in [7, 11) is 0. The second kappa shape index (κ2) is 5.45. The van der Waals surface area contributed by atoms with E-state index in [1.54, 1.807) is 0 Å². The zero-order chi connectivity index (χ0) is 14.1. The predicted molar refractivity (Wildman–Crippen MR) is 81.0 cm³/mol. The van der Waals surface area contributed by atoms with Crippen molar-refractivity contribution in [2.75, 3.05) is 11.1 Å². The Morgan fingerprint density at radius 3 is 2.55 bits per heavy atom. The number of Topliss-reactive ketones (excluding diaryl/α,β-unsaturated/α-hetero) is 1. The number of nitrogens with two attached hydrogens (primary N) is 1. The van der Waals surface area contributed by atoms with E-state index in [9.17, 15) is 10.1 Å². The fraction of sp³-hybridized carbons (Fsp3) is 0.600. The van der Waals surface area contributed by atoms with E-state index in [1.165, 1.54) is 30.6 Å². The Labute approximate surface area is 123 Å². The monoisotopic (exact) mass is 289 g/mol. The Bertz CT molecular complexity index is 562. The number of hydrogen-bond donors (Lipinski definition) is 2. The molecule has 2 fully saturated rings. The third kappa shape index (κ3) is 2.53. The number of anilines is 2. The first kappa shape index (κ1) is 13.4. The fourth-order valence-electron chi connectivity index (χ4n) is 2.80. The molecule has 1 heterocycles. The first-order chi connectivity index (χ1) is 9.70. The van der Waals surface area contributed by atoms with E-state index >= 15 is 0 Å². The Balaban J connectivity index is 1.84. The molecule has 106 valence electrons. The van der Waals surface area contributed by atoms with Crippen LogP contribution in [0.5, 0.6) is 0 Å². The topological polar surface area (TPSA) is 78.9 Å². The van der Waals surface area contributed by atoms with Crippen molar-refractivity contribution in [3.63, 3.8) is 0 Å². The highest BCUT2D eigenvalue weighted by Gasteiger charge is 2.34. The molecule has 0 radical (unpaired) electrons. The molecule has 3 N–H and O–H groups in total. The number of carbonyl (C=O) groups excluding carboxylic acids is 1. The first-order valence-corrected chi connectivity index (χ1v) is 8.15. The molecule has 5 heteroatoms. The first-order valence-electron chi connectivity index (χ1n) is 7.33. The van der Waals surface area contributed by atoms with Gasteiger partial charge in [-0.3, -0.25) is 4.79 Å². The minimum Gasteiger partial charge on any atom is -0.396 e. The molecular weight excluding hydrogens is 270 g/mol. The maximum absolute atomic E-state index is 12.2. The van der Waals surface area contributed by atoms with Gasteiger partial charge in [-0.2, -0.15) is 5.26 Å². The van der Waals surface area contributed by atoms with E-state index in [2.05, 4.69) is 11.4 Å². The van der Waals surface area contributed by atoms with Crippen LogP contribution >= 0.6 is 11.3 Å². The van der Waals surface area contributed by atoms with Crippen LogP contribution in [0.2, 0.25) is 0 Å². The van der Waals surface area contributed by atoms with Crippen molar-refractivity contribution in [2.45, 2.75) is 51.0 Å². The van der Waals surface area contributed by atoms with Gasteiger partial charge < -0.3 is 11.1 Å². The predicted octanol–water partition coefficient (Wildman–Crippen LogP) is 3.54. The van der Waals surface area contributed by atoms with E-state index in [0.29, 0.717) is 22.2 Å². The lowest BCUT2D eigenvalue weighted by Gasteiger charge is -2.23. The number of ketones is 1. The molecule has 0 aliphatic heterocycles. The number of thiophene rings is 1. The van der Waals surface area contributed by atoms with E-state index in [-0.39, 0.29) is 11.7 Å². The Morgan fingerprint density at radius 1 is 1.25 bits per heavy atom. The molecule has 0 saturated heterocycles. The van der Waals surface area contributed by atoms with Crippen molar-refractivity contribution in [3.05, 3.63) is 10.4 Å². The third-order valence-electron chi connectivity index (χ3n) is 4.17. The van der Waals surface area contributed by atoms with Crippen LogP contribution < -0.4 is 11.1 Å². The molecule has 0 unspecified atom stereocenters. The quantitative estimate of drug-likeness (QED) is 0.831. The summed E-state index contributed by atoms with van der Waals surface area (Å²) < 4.78 is 0. The lowest BCUT2D eigenvalue weighted by molar-refractivity contribution is 0.0972. The van der Waals surface area contributed by atoms with E-state index < -0.39 is 0 Å². The van der Waals surface area contributed by atoms with Gasteiger partial charge in [0.25, 0.3) is 0 Å². The second-order valence-corrected chi connectivity index (χ2v) is 6.80. The van der Waals surface area contributed by atoms with Crippen LogP contribution in [-0.4, -0.2) is 11.8 Å². The summed E-state index contributed by atoms with van der Waals surface area (Å²) in [5.74, 6) is 0.269. The van der Waals surface area contributed by atoms with E-state index in [4.69, 9.17) is 5.73 Å². The summed E-state index contributed by atoms with van der Waals surface area (Å²) in [6, 6.07) is 2.57. The van der Waals surface area contributed by atoms with Gasteiger partial charge in [0.1, 0.15) is 16.6 Å². The third-order valence-corrected chi connectivity index (χ3v) is 5.32. The summed E-state index contributed by atoms with van der Waals surface area (Å²) in [6.45, 7) is 0. The minimum absolute atomic E-state index is 0.126. The number of rotatable bonds is 4. The average Bonchev–Trinajstić information content (AvgIpc) is 3.25. The molecule has 1 aromatic rings. The molecule has 1 aromatic heterocycles. The van der Waals surface area contributed by atoms with E-state index in [1.807, 2.05) is 0 Å². The Hall–Kier alpha value is -1.54. The molecule has 20 heavy (non-hydrogen) atoms. The molecule has 0 amide bonds. The smallest absolute Gasteiger partial charge is 0.178 e. The minimum atomic E-state index is 0.126. The van der Waals surface area contributed by atoms with Crippen molar-refractivity contribution < 1.29 is 4.79 Å². The van der Waals surface area contributed by atoms with Gasteiger partial charge in [-0.05, 0) is 25.7 Å². The molecule has 2 aliphatic rings. The van der Waals surface area contributed by atoms with Crippen LogP contribution in [0.25, 0.3) is 0 Å². The lowest BCUT2D eigenvalue weighted by atomic mass is 9.95. The molecule has 2 saturated carbocycles. The molecular formula is C15H19N3OS. The zero-order valence-corrected chi connectivity index (χ0v) is 12.3. The summed E-state index contributed by atoms with van der Waals surface area (Å²) in [6.07, 6.45) is 7.94. The number of nitrogens with one attached hydrogen (secondary N) is 1. The molecule has 0 spiro atoms. The summed E-state index contributed by atoms with van der Waals surface area (Å²) in [4.78, 5) is 12.8. The largest absolute Gasteiger partial charge is 0.396 e. The number of nitriles is 1. The van der Waals surface area contributed by atoms with Gasteiger partial charge in [0.05, 0.1) is 10.6 Å². The average molecular weight is 289 g/mol. The van der Waals surface area contributed by atoms with Crippen molar-refractivity contribution in [1.82, 2.24) is 0 Å². The van der Waals surface area contributed by atoms with Crippen LogP contribution in [-0.2, 0) is 0 Å². The SMILES string of the molecule is N#Cc1c(NC2CCCCC2)sc(C(=O)C2CC2)c1N. The lowest BCUT2D eigenvalue weighted by Crippen LogP contribution is -2.22. The van der Waals surface area contributed by atoms with Gasteiger partial charge in [0.15, 0.2) is 5.78 Å². The highest BCUT2D eigenvalue weighted by Crippen LogP contribution is 2.42. The maximum atomic E-state index is 12.2. The Kier molecular flexibility index (Phi) is 3.66. The van der Waals surface area contributed by atoms with Crippen molar-refractivity contribution in [3.8, 4) is 6.07 Å². The summed E-state index contributed by atoms with van der Waals surface area (Å²) in [5.41, 5.74) is 6.86. The highest BCUT2D eigenvalue weighted by molar-refractivity contribution is 7.19. The van der Waals surface area contributed by atoms with Crippen molar-refractivity contribution in [1.29, 1.82) is 5.26 Å². The number of carbonyl (C=O) groups is 1. The van der Waals surface area contributed by atoms with Crippen LogP contribution in [0.15, 0.2) is 0 Å². The van der Waals surface area contributed by atoms with Crippen LogP contribution in [0.3, 0.4) is 0 Å². The van der Waals surface area contributed by atoms with Gasteiger partial charge in [0, 0.05) is 12.0 Å². The van der Waals surface area contributed by atoms with Crippen LogP contribution in [0, 0.1) is 17.2 Å². The highest BCUT2D eigenvalue weighted by atomic mass is 32.1. The molecule has 2 aliphatic carbocycles. The second-order valence-electron chi connectivity index (χ2n) is 5.78. The number of nitrogen functional groups attached to an aromatic ring is 1. The van der Waals surface area contributed by atoms with Gasteiger partial charge in [-0.25, -0.2) is 0 Å². The molecule has 0 atom stereocenters. The van der Waals surface area contributed by atoms with Crippen molar-refractivity contribution >= 4 is 27.8 Å².